The summed E-state index contributed by atoms with van der Waals surface area (Å²) in [5.74, 6) is -0.338. The molecule has 3 aromatic heterocycles. The summed E-state index contributed by atoms with van der Waals surface area (Å²) in [6.07, 6.45) is 1.65. The summed E-state index contributed by atoms with van der Waals surface area (Å²) in [6, 6.07) is 11.7. The molecule has 5 nitrogen and oxygen atoms in total. The van der Waals surface area contributed by atoms with Crippen LogP contribution in [0.15, 0.2) is 53.5 Å². The molecule has 0 saturated carbocycles. The highest BCUT2D eigenvalue weighted by Gasteiger charge is 2.15. The largest absolute Gasteiger partial charge is 0.321 e. The van der Waals surface area contributed by atoms with Crippen LogP contribution in [0.3, 0.4) is 0 Å². The minimum atomic E-state index is -0.338. The van der Waals surface area contributed by atoms with Crippen LogP contribution in [-0.4, -0.2) is 15.3 Å². The Morgan fingerprint density at radius 1 is 1.12 bits per heavy atom. The lowest BCUT2D eigenvalue weighted by molar-refractivity contribution is 0.103. The van der Waals surface area contributed by atoms with Crippen molar-refractivity contribution < 1.29 is 4.79 Å². The van der Waals surface area contributed by atoms with E-state index in [1.54, 1.807) is 48.7 Å². The smallest absolute Gasteiger partial charge is 0.266 e. The maximum Gasteiger partial charge on any atom is 0.266 e. The molecule has 25 heavy (non-hydrogen) atoms. The number of thiophene rings is 1. The van der Waals surface area contributed by atoms with Crippen molar-refractivity contribution in [1.29, 1.82) is 0 Å². The number of amides is 1. The molecule has 0 bridgehead atoms. The van der Waals surface area contributed by atoms with Gasteiger partial charge in [0.15, 0.2) is 0 Å². The third-order valence-corrected chi connectivity index (χ3v) is 5.38. The third-order valence-electron chi connectivity index (χ3n) is 3.62. The number of carbonyl (C=O) groups is 1. The maximum absolute atomic E-state index is 12.5. The number of anilines is 1. The van der Waals surface area contributed by atoms with Gasteiger partial charge in [0.25, 0.3) is 11.5 Å². The van der Waals surface area contributed by atoms with E-state index in [0.717, 1.165) is 0 Å². The van der Waals surface area contributed by atoms with Gasteiger partial charge in [0.05, 0.1) is 20.3 Å². The SMILES string of the molecule is O=C(Nc1ccc(Cl)c(Cl)c1)c1cc2c(=O)n3ccccc3nc2s1. The second-order valence-electron chi connectivity index (χ2n) is 5.26. The Kier molecular flexibility index (Phi) is 3.95. The van der Waals surface area contributed by atoms with Crippen LogP contribution in [0, 0.1) is 0 Å². The summed E-state index contributed by atoms with van der Waals surface area (Å²) < 4.78 is 1.45. The number of aromatic nitrogens is 2. The van der Waals surface area contributed by atoms with Gasteiger partial charge in [0.2, 0.25) is 0 Å². The van der Waals surface area contributed by atoms with Crippen LogP contribution in [0.2, 0.25) is 10.0 Å². The van der Waals surface area contributed by atoms with E-state index >= 15 is 0 Å². The van der Waals surface area contributed by atoms with E-state index < -0.39 is 0 Å². The lowest BCUT2D eigenvalue weighted by Gasteiger charge is -2.04. The van der Waals surface area contributed by atoms with Crippen molar-refractivity contribution in [3.63, 3.8) is 0 Å². The number of hydrogen-bond donors (Lipinski definition) is 1. The second kappa shape index (κ2) is 6.15. The Morgan fingerprint density at radius 3 is 2.76 bits per heavy atom. The van der Waals surface area contributed by atoms with Gasteiger partial charge in [0, 0.05) is 11.9 Å². The summed E-state index contributed by atoms with van der Waals surface area (Å²) >= 11 is 13.0. The van der Waals surface area contributed by atoms with E-state index in [9.17, 15) is 9.59 Å². The molecule has 0 aliphatic carbocycles. The van der Waals surface area contributed by atoms with Crippen molar-refractivity contribution in [1.82, 2.24) is 9.38 Å². The summed E-state index contributed by atoms with van der Waals surface area (Å²) in [5, 5.41) is 3.91. The Bertz CT molecular complexity index is 1200. The molecule has 0 radical (unpaired) electrons. The summed E-state index contributed by atoms with van der Waals surface area (Å²) in [7, 11) is 0. The lowest BCUT2D eigenvalue weighted by atomic mass is 10.3. The summed E-state index contributed by atoms with van der Waals surface area (Å²) in [6.45, 7) is 0. The summed E-state index contributed by atoms with van der Waals surface area (Å²) in [4.78, 5) is 30.4. The molecule has 0 aliphatic heterocycles. The fourth-order valence-electron chi connectivity index (χ4n) is 2.43. The molecular weight excluding hydrogens is 381 g/mol. The molecule has 124 valence electrons. The topological polar surface area (TPSA) is 63.5 Å². The Balaban J connectivity index is 1.74. The minimum Gasteiger partial charge on any atom is -0.321 e. The predicted molar refractivity (Wildman–Crippen MR) is 101 cm³/mol. The monoisotopic (exact) mass is 389 g/mol. The fourth-order valence-corrected chi connectivity index (χ4v) is 3.65. The number of nitrogens with zero attached hydrogens (tertiary/aromatic N) is 2. The highest BCUT2D eigenvalue weighted by Crippen LogP contribution is 2.27. The highest BCUT2D eigenvalue weighted by atomic mass is 35.5. The average Bonchev–Trinajstić information content (AvgIpc) is 3.03. The van der Waals surface area contributed by atoms with Gasteiger partial charge in [-0.15, -0.1) is 11.3 Å². The van der Waals surface area contributed by atoms with E-state index in [1.807, 2.05) is 0 Å². The molecule has 8 heteroatoms. The number of carbonyl (C=O) groups excluding carboxylic acids is 1. The molecule has 0 unspecified atom stereocenters. The fraction of sp³-hybridized carbons (Fsp3) is 0. The van der Waals surface area contributed by atoms with E-state index in [4.69, 9.17) is 23.2 Å². The Hall–Kier alpha value is -2.41. The highest BCUT2D eigenvalue weighted by molar-refractivity contribution is 7.20. The molecule has 3 heterocycles. The van der Waals surface area contributed by atoms with Gasteiger partial charge in [-0.1, -0.05) is 29.3 Å². The van der Waals surface area contributed by atoms with E-state index in [0.29, 0.717) is 36.5 Å². The van der Waals surface area contributed by atoms with Crippen molar-refractivity contribution in [2.75, 3.05) is 5.32 Å². The van der Waals surface area contributed by atoms with Crippen molar-refractivity contribution >= 4 is 62.0 Å². The van der Waals surface area contributed by atoms with Crippen molar-refractivity contribution in [2.24, 2.45) is 0 Å². The zero-order valence-corrected chi connectivity index (χ0v) is 14.8. The molecule has 0 atom stereocenters. The van der Waals surface area contributed by atoms with Crippen LogP contribution in [0.5, 0.6) is 0 Å². The first-order valence-electron chi connectivity index (χ1n) is 7.20. The van der Waals surface area contributed by atoms with E-state index in [1.165, 1.54) is 15.7 Å². The molecule has 4 aromatic rings. The molecule has 0 saturated heterocycles. The number of rotatable bonds is 2. The first-order chi connectivity index (χ1) is 12.0. The zero-order valence-electron chi connectivity index (χ0n) is 12.5. The van der Waals surface area contributed by atoms with Gasteiger partial charge >= 0.3 is 0 Å². The van der Waals surface area contributed by atoms with E-state index in [2.05, 4.69) is 10.3 Å². The zero-order chi connectivity index (χ0) is 17.6. The maximum atomic E-state index is 12.5. The standard InChI is InChI=1S/C17H9Cl2N3O2S/c18-11-5-4-9(7-12(11)19)20-15(23)13-8-10-16(25-13)21-14-3-1-2-6-22(14)17(10)24/h1-8H,(H,20,23). The third kappa shape index (κ3) is 2.89. The van der Waals surface area contributed by atoms with Gasteiger partial charge < -0.3 is 5.32 Å². The van der Waals surface area contributed by atoms with Gasteiger partial charge in [0.1, 0.15) is 10.5 Å². The van der Waals surface area contributed by atoms with Gasteiger partial charge in [-0.05, 0) is 36.4 Å². The van der Waals surface area contributed by atoms with Crippen LogP contribution in [-0.2, 0) is 0 Å². The number of fused-ring (bicyclic) bond motifs is 2. The first kappa shape index (κ1) is 16.1. The van der Waals surface area contributed by atoms with Crippen molar-refractivity contribution in [2.45, 2.75) is 0 Å². The first-order valence-corrected chi connectivity index (χ1v) is 8.77. The van der Waals surface area contributed by atoms with Crippen molar-refractivity contribution in [3.8, 4) is 0 Å². The van der Waals surface area contributed by atoms with Crippen LogP contribution in [0.1, 0.15) is 9.67 Å². The normalized spacial score (nSPS) is 11.1. The Labute approximate surface area is 155 Å². The molecule has 0 spiro atoms. The molecule has 1 aromatic carbocycles. The summed E-state index contributed by atoms with van der Waals surface area (Å²) in [5.41, 5.74) is 0.857. The lowest BCUT2D eigenvalue weighted by Crippen LogP contribution is -2.13. The Morgan fingerprint density at radius 2 is 1.96 bits per heavy atom. The van der Waals surface area contributed by atoms with Crippen LogP contribution in [0.25, 0.3) is 15.9 Å². The number of nitrogens with one attached hydrogen (secondary N) is 1. The van der Waals surface area contributed by atoms with E-state index in [-0.39, 0.29) is 11.5 Å². The number of hydrogen-bond acceptors (Lipinski definition) is 4. The average molecular weight is 390 g/mol. The predicted octanol–water partition coefficient (Wildman–Crippen LogP) is 4.47. The minimum absolute atomic E-state index is 0.203. The van der Waals surface area contributed by atoms with Gasteiger partial charge in [-0.3, -0.25) is 14.0 Å². The van der Waals surface area contributed by atoms with Crippen LogP contribution >= 0.6 is 34.5 Å². The number of benzene rings is 1. The van der Waals surface area contributed by atoms with Crippen LogP contribution in [0.4, 0.5) is 5.69 Å². The molecule has 1 amide bonds. The molecule has 1 N–H and O–H groups in total. The van der Waals surface area contributed by atoms with Gasteiger partial charge in [-0.2, -0.15) is 0 Å². The molecule has 4 rings (SSSR count). The van der Waals surface area contributed by atoms with Gasteiger partial charge in [-0.25, -0.2) is 4.98 Å². The molecule has 0 fully saturated rings. The second-order valence-corrected chi connectivity index (χ2v) is 7.10. The molecule has 0 aliphatic rings. The molecular formula is C17H9Cl2N3O2S. The quantitative estimate of drug-likeness (QED) is 0.549. The van der Waals surface area contributed by atoms with Crippen molar-refractivity contribution in [3.05, 3.63) is 73.9 Å². The van der Waals surface area contributed by atoms with Crippen LogP contribution < -0.4 is 10.9 Å². The number of halogens is 2. The number of pyridine rings is 1.